The second kappa shape index (κ2) is 4.74. The van der Waals surface area contributed by atoms with Gasteiger partial charge in [-0.1, -0.05) is 37.6 Å². The van der Waals surface area contributed by atoms with Crippen molar-refractivity contribution < 1.29 is 9.90 Å². The van der Waals surface area contributed by atoms with Crippen LogP contribution in [0, 0.1) is 5.92 Å². The standard InChI is InChI=1S/C16H16ClNO2/c1-8-6-9(2)14-11(7-8)13(16(19)20)10-4-3-5-12(17)15(10)18-14/h3-5,8-9H,6-7H2,1-2H3,(H,19,20). The normalized spacial score (nSPS) is 21.8. The lowest BCUT2D eigenvalue weighted by molar-refractivity contribution is 0.0697. The van der Waals surface area contributed by atoms with Gasteiger partial charge in [0.15, 0.2) is 0 Å². The number of carboxylic acid groups (broad SMARTS) is 1. The molecule has 104 valence electrons. The summed E-state index contributed by atoms with van der Waals surface area (Å²) in [5, 5.41) is 10.8. The number of aromatic carboxylic acids is 1. The van der Waals surface area contributed by atoms with Crippen molar-refractivity contribution in [3.05, 3.63) is 40.0 Å². The lowest BCUT2D eigenvalue weighted by Gasteiger charge is -2.28. The van der Waals surface area contributed by atoms with E-state index in [0.29, 0.717) is 27.4 Å². The number of fused-ring (bicyclic) bond motifs is 2. The average Bonchev–Trinajstić information content (AvgIpc) is 2.36. The van der Waals surface area contributed by atoms with Gasteiger partial charge in [-0.05, 0) is 36.3 Å². The van der Waals surface area contributed by atoms with E-state index in [0.717, 1.165) is 24.1 Å². The van der Waals surface area contributed by atoms with E-state index in [1.54, 1.807) is 18.2 Å². The van der Waals surface area contributed by atoms with Crippen molar-refractivity contribution in [1.82, 2.24) is 4.98 Å². The first-order valence-electron chi connectivity index (χ1n) is 6.83. The van der Waals surface area contributed by atoms with Gasteiger partial charge in [0, 0.05) is 11.1 Å². The smallest absolute Gasteiger partial charge is 0.336 e. The number of hydrogen-bond donors (Lipinski definition) is 1. The molecule has 1 aromatic carbocycles. The van der Waals surface area contributed by atoms with Crippen molar-refractivity contribution in [2.45, 2.75) is 32.6 Å². The molecule has 0 spiro atoms. The van der Waals surface area contributed by atoms with Gasteiger partial charge in [-0.3, -0.25) is 4.98 Å². The maximum absolute atomic E-state index is 11.7. The van der Waals surface area contributed by atoms with Crippen LogP contribution in [-0.2, 0) is 6.42 Å². The van der Waals surface area contributed by atoms with Gasteiger partial charge in [-0.25, -0.2) is 4.79 Å². The van der Waals surface area contributed by atoms with Gasteiger partial charge in [0.05, 0.1) is 16.1 Å². The molecule has 0 saturated heterocycles. The summed E-state index contributed by atoms with van der Waals surface area (Å²) in [5.41, 5.74) is 2.78. The molecule has 0 bridgehead atoms. The van der Waals surface area contributed by atoms with Gasteiger partial charge in [0.25, 0.3) is 0 Å². The van der Waals surface area contributed by atoms with Crippen LogP contribution >= 0.6 is 11.6 Å². The minimum Gasteiger partial charge on any atom is -0.478 e. The first-order chi connectivity index (χ1) is 9.49. The molecule has 1 heterocycles. The summed E-state index contributed by atoms with van der Waals surface area (Å²) < 4.78 is 0. The Morgan fingerprint density at radius 1 is 1.40 bits per heavy atom. The van der Waals surface area contributed by atoms with Crippen molar-refractivity contribution in [1.29, 1.82) is 0 Å². The van der Waals surface area contributed by atoms with Crippen molar-refractivity contribution in [3.63, 3.8) is 0 Å². The molecule has 2 aromatic rings. The number of aromatic nitrogens is 1. The highest BCUT2D eigenvalue weighted by Gasteiger charge is 2.29. The van der Waals surface area contributed by atoms with Crippen molar-refractivity contribution in [3.8, 4) is 0 Å². The van der Waals surface area contributed by atoms with Crippen LogP contribution < -0.4 is 0 Å². The predicted octanol–water partition coefficient (Wildman–Crippen LogP) is 4.27. The maximum Gasteiger partial charge on any atom is 0.336 e. The van der Waals surface area contributed by atoms with E-state index in [1.807, 2.05) is 0 Å². The van der Waals surface area contributed by atoms with E-state index in [-0.39, 0.29) is 5.92 Å². The van der Waals surface area contributed by atoms with Gasteiger partial charge in [-0.15, -0.1) is 0 Å². The molecule has 0 fully saturated rings. The number of carboxylic acids is 1. The van der Waals surface area contributed by atoms with Crippen LogP contribution in [0.5, 0.6) is 0 Å². The molecule has 1 N–H and O–H groups in total. The number of halogens is 1. The molecule has 20 heavy (non-hydrogen) atoms. The van der Waals surface area contributed by atoms with Gasteiger partial charge in [0.1, 0.15) is 0 Å². The third-order valence-corrected chi connectivity index (χ3v) is 4.39. The topological polar surface area (TPSA) is 50.2 Å². The largest absolute Gasteiger partial charge is 0.478 e. The summed E-state index contributed by atoms with van der Waals surface area (Å²) in [6, 6.07) is 5.33. The Balaban J connectivity index is 2.43. The van der Waals surface area contributed by atoms with E-state index in [4.69, 9.17) is 11.6 Å². The van der Waals surface area contributed by atoms with Crippen LogP contribution in [0.1, 0.15) is 47.8 Å². The Morgan fingerprint density at radius 2 is 2.15 bits per heavy atom. The second-order valence-corrected chi connectivity index (χ2v) is 6.14. The van der Waals surface area contributed by atoms with E-state index in [9.17, 15) is 9.90 Å². The first-order valence-corrected chi connectivity index (χ1v) is 7.21. The Bertz CT molecular complexity index is 711. The fraction of sp³-hybridized carbons (Fsp3) is 0.375. The van der Waals surface area contributed by atoms with Crippen LogP contribution in [-0.4, -0.2) is 16.1 Å². The van der Waals surface area contributed by atoms with Gasteiger partial charge >= 0.3 is 5.97 Å². The van der Waals surface area contributed by atoms with Crippen molar-refractivity contribution in [2.75, 3.05) is 0 Å². The lowest BCUT2D eigenvalue weighted by Crippen LogP contribution is -2.20. The molecule has 4 heteroatoms. The fourth-order valence-electron chi connectivity index (χ4n) is 3.31. The minimum atomic E-state index is -0.891. The number of rotatable bonds is 1. The Hall–Kier alpha value is -1.61. The molecule has 0 radical (unpaired) electrons. The minimum absolute atomic E-state index is 0.271. The molecule has 3 nitrogen and oxygen atoms in total. The predicted molar refractivity (Wildman–Crippen MR) is 79.6 cm³/mol. The molecule has 1 aromatic heterocycles. The molecule has 0 aliphatic heterocycles. The van der Waals surface area contributed by atoms with Gasteiger partial charge in [-0.2, -0.15) is 0 Å². The monoisotopic (exact) mass is 289 g/mol. The zero-order chi connectivity index (χ0) is 14.4. The van der Waals surface area contributed by atoms with E-state index in [2.05, 4.69) is 18.8 Å². The summed E-state index contributed by atoms with van der Waals surface area (Å²) >= 11 is 6.20. The quantitative estimate of drug-likeness (QED) is 0.853. The van der Waals surface area contributed by atoms with Crippen LogP contribution in [0.3, 0.4) is 0 Å². The maximum atomic E-state index is 11.7. The molecule has 1 aliphatic rings. The fourth-order valence-corrected chi connectivity index (χ4v) is 3.53. The third kappa shape index (κ3) is 1.97. The second-order valence-electron chi connectivity index (χ2n) is 5.74. The first kappa shape index (κ1) is 13.4. The van der Waals surface area contributed by atoms with Crippen LogP contribution in [0.15, 0.2) is 18.2 Å². The lowest BCUT2D eigenvalue weighted by atomic mass is 9.79. The van der Waals surface area contributed by atoms with E-state index >= 15 is 0 Å². The number of benzene rings is 1. The Labute approximate surface area is 122 Å². The van der Waals surface area contributed by atoms with Gasteiger partial charge in [0.2, 0.25) is 0 Å². The van der Waals surface area contributed by atoms with Crippen molar-refractivity contribution >= 4 is 28.5 Å². The molecule has 1 aliphatic carbocycles. The summed E-state index contributed by atoms with van der Waals surface area (Å²) in [7, 11) is 0. The Morgan fingerprint density at radius 3 is 2.85 bits per heavy atom. The van der Waals surface area contributed by atoms with E-state index in [1.165, 1.54) is 0 Å². The third-order valence-electron chi connectivity index (χ3n) is 4.09. The molecule has 3 rings (SSSR count). The number of carbonyl (C=O) groups is 1. The highest BCUT2D eigenvalue weighted by molar-refractivity contribution is 6.35. The molecule has 0 amide bonds. The number of nitrogens with zero attached hydrogens (tertiary/aromatic N) is 1. The molecular weight excluding hydrogens is 274 g/mol. The summed E-state index contributed by atoms with van der Waals surface area (Å²) in [6.45, 7) is 4.27. The van der Waals surface area contributed by atoms with Gasteiger partial charge < -0.3 is 5.11 Å². The van der Waals surface area contributed by atoms with Crippen LogP contribution in [0.2, 0.25) is 5.02 Å². The Kier molecular flexibility index (Phi) is 3.17. The zero-order valence-electron chi connectivity index (χ0n) is 11.5. The van der Waals surface area contributed by atoms with Crippen molar-refractivity contribution in [2.24, 2.45) is 5.92 Å². The zero-order valence-corrected chi connectivity index (χ0v) is 12.2. The SMILES string of the molecule is CC1Cc2c(nc3c(Cl)cccc3c2C(=O)O)C(C)C1. The summed E-state index contributed by atoms with van der Waals surface area (Å²) in [6.07, 6.45) is 1.81. The van der Waals surface area contributed by atoms with E-state index < -0.39 is 5.97 Å². The number of hydrogen-bond acceptors (Lipinski definition) is 2. The molecular formula is C16H16ClNO2. The highest BCUT2D eigenvalue weighted by atomic mass is 35.5. The van der Waals surface area contributed by atoms with Crippen LogP contribution in [0.25, 0.3) is 10.9 Å². The highest BCUT2D eigenvalue weighted by Crippen LogP contribution is 2.38. The summed E-state index contributed by atoms with van der Waals surface area (Å²) in [5.74, 6) is -0.140. The van der Waals surface area contributed by atoms with Crippen LogP contribution in [0.4, 0.5) is 0 Å². The number of para-hydroxylation sites is 1. The molecule has 0 saturated carbocycles. The molecule has 2 atom stereocenters. The molecule has 2 unspecified atom stereocenters. The number of pyridine rings is 1. The average molecular weight is 290 g/mol. The summed E-state index contributed by atoms with van der Waals surface area (Å²) in [4.78, 5) is 16.4.